The van der Waals surface area contributed by atoms with E-state index in [1.54, 1.807) is 12.1 Å². The predicted octanol–water partition coefficient (Wildman–Crippen LogP) is 3.34. The molecular formula is C17H24FNO. The van der Waals surface area contributed by atoms with Crippen LogP contribution in [0.5, 0.6) is 0 Å². The lowest BCUT2D eigenvalue weighted by Crippen LogP contribution is -2.33. The molecule has 3 unspecified atom stereocenters. The highest BCUT2D eigenvalue weighted by Gasteiger charge is 2.24. The second-order valence-electron chi connectivity index (χ2n) is 6.38. The fourth-order valence-electron chi connectivity index (χ4n) is 3.75. The van der Waals surface area contributed by atoms with Gasteiger partial charge in [0, 0.05) is 6.04 Å². The van der Waals surface area contributed by atoms with Crippen LogP contribution in [0.25, 0.3) is 0 Å². The maximum Gasteiger partial charge on any atom is 0.123 e. The van der Waals surface area contributed by atoms with Gasteiger partial charge in [-0.25, -0.2) is 4.39 Å². The molecule has 1 aromatic carbocycles. The molecule has 2 nitrogen and oxygen atoms in total. The molecule has 0 heterocycles. The van der Waals surface area contributed by atoms with E-state index in [0.29, 0.717) is 12.0 Å². The van der Waals surface area contributed by atoms with Crippen LogP contribution in [0.2, 0.25) is 0 Å². The molecule has 1 fully saturated rings. The lowest BCUT2D eigenvalue weighted by Gasteiger charge is -2.31. The Balaban J connectivity index is 1.61. The molecule has 0 aliphatic heterocycles. The molecule has 0 spiro atoms. The molecule has 3 atom stereocenters. The van der Waals surface area contributed by atoms with Gasteiger partial charge in [0.15, 0.2) is 0 Å². The van der Waals surface area contributed by atoms with Gasteiger partial charge in [-0.3, -0.25) is 0 Å². The number of benzene rings is 1. The smallest absolute Gasteiger partial charge is 0.123 e. The van der Waals surface area contributed by atoms with E-state index < -0.39 is 0 Å². The van der Waals surface area contributed by atoms with E-state index in [4.69, 9.17) is 0 Å². The highest BCUT2D eigenvalue weighted by atomic mass is 19.1. The minimum absolute atomic E-state index is 0.108. The quantitative estimate of drug-likeness (QED) is 0.888. The van der Waals surface area contributed by atoms with Crippen LogP contribution in [-0.4, -0.2) is 17.8 Å². The molecule has 3 heteroatoms. The van der Waals surface area contributed by atoms with Crippen molar-refractivity contribution >= 4 is 0 Å². The molecule has 2 aliphatic rings. The molecular weight excluding hydrogens is 253 g/mol. The van der Waals surface area contributed by atoms with Crippen LogP contribution in [0.4, 0.5) is 4.39 Å². The normalized spacial score (nSPS) is 30.0. The predicted molar refractivity (Wildman–Crippen MR) is 78.0 cm³/mol. The Morgan fingerprint density at radius 3 is 2.95 bits per heavy atom. The fraction of sp³-hybridized carbons (Fsp3) is 0.647. The molecule has 110 valence electrons. The first-order valence-corrected chi connectivity index (χ1v) is 7.92. The van der Waals surface area contributed by atoms with Crippen molar-refractivity contribution in [1.29, 1.82) is 0 Å². The van der Waals surface area contributed by atoms with Gasteiger partial charge in [0.05, 0.1) is 6.10 Å². The Morgan fingerprint density at radius 1 is 1.20 bits per heavy atom. The molecule has 0 radical (unpaired) electrons. The summed E-state index contributed by atoms with van der Waals surface area (Å²) >= 11 is 0. The second kappa shape index (κ2) is 6.23. The molecule has 0 amide bonds. The molecule has 0 bridgehead atoms. The number of aliphatic hydroxyl groups excluding tert-OH is 1. The largest absolute Gasteiger partial charge is 0.393 e. The maximum absolute atomic E-state index is 13.3. The minimum atomic E-state index is -0.125. The van der Waals surface area contributed by atoms with Crippen molar-refractivity contribution in [3.8, 4) is 0 Å². The first-order chi connectivity index (χ1) is 9.72. The standard InChI is InChI=1S/C17H24FNO/c18-14-7-8-16-13(10-14)4-2-6-17(16)19-11-12-3-1-5-15(20)9-12/h7-8,10,12,15,17,19-20H,1-6,9,11H2. The van der Waals surface area contributed by atoms with Gasteiger partial charge in [-0.2, -0.15) is 0 Å². The zero-order chi connectivity index (χ0) is 13.9. The molecule has 2 aliphatic carbocycles. The summed E-state index contributed by atoms with van der Waals surface area (Å²) in [6, 6.07) is 5.56. The van der Waals surface area contributed by atoms with Crippen molar-refractivity contribution in [3.63, 3.8) is 0 Å². The number of rotatable bonds is 3. The molecule has 1 aromatic rings. The van der Waals surface area contributed by atoms with Crippen LogP contribution in [-0.2, 0) is 6.42 Å². The number of nitrogens with one attached hydrogen (secondary N) is 1. The van der Waals surface area contributed by atoms with Crippen molar-refractivity contribution in [2.24, 2.45) is 5.92 Å². The average Bonchev–Trinajstić information content (AvgIpc) is 2.44. The summed E-state index contributed by atoms with van der Waals surface area (Å²) in [5, 5.41) is 13.4. The van der Waals surface area contributed by atoms with Gasteiger partial charge in [-0.1, -0.05) is 12.5 Å². The number of hydrogen-bond donors (Lipinski definition) is 2. The van der Waals surface area contributed by atoms with Crippen LogP contribution >= 0.6 is 0 Å². The van der Waals surface area contributed by atoms with Crippen LogP contribution in [0.15, 0.2) is 18.2 Å². The second-order valence-corrected chi connectivity index (χ2v) is 6.38. The number of fused-ring (bicyclic) bond motifs is 1. The highest BCUT2D eigenvalue weighted by Crippen LogP contribution is 2.31. The van der Waals surface area contributed by atoms with Crippen LogP contribution in [0, 0.1) is 11.7 Å². The Bertz CT molecular complexity index is 462. The van der Waals surface area contributed by atoms with Gasteiger partial charge >= 0.3 is 0 Å². The Kier molecular flexibility index (Phi) is 4.37. The van der Waals surface area contributed by atoms with Gasteiger partial charge in [-0.15, -0.1) is 0 Å². The molecule has 0 aromatic heterocycles. The van der Waals surface area contributed by atoms with E-state index in [2.05, 4.69) is 5.32 Å². The van der Waals surface area contributed by atoms with E-state index in [1.165, 1.54) is 12.0 Å². The Labute approximate surface area is 120 Å². The lowest BCUT2D eigenvalue weighted by molar-refractivity contribution is 0.0993. The van der Waals surface area contributed by atoms with Crippen molar-refractivity contribution in [2.75, 3.05) is 6.54 Å². The first-order valence-electron chi connectivity index (χ1n) is 7.92. The topological polar surface area (TPSA) is 32.3 Å². The SMILES string of the molecule is OC1CCCC(CNC2CCCc3cc(F)ccc32)C1. The highest BCUT2D eigenvalue weighted by molar-refractivity contribution is 5.32. The monoisotopic (exact) mass is 277 g/mol. The van der Waals surface area contributed by atoms with Crippen molar-refractivity contribution in [3.05, 3.63) is 35.1 Å². The number of hydrogen-bond acceptors (Lipinski definition) is 2. The molecule has 0 saturated heterocycles. The van der Waals surface area contributed by atoms with Gasteiger partial charge in [0.2, 0.25) is 0 Å². The summed E-state index contributed by atoms with van der Waals surface area (Å²) in [7, 11) is 0. The van der Waals surface area contributed by atoms with E-state index in [1.807, 2.05) is 6.07 Å². The number of aryl methyl sites for hydroxylation is 1. The minimum Gasteiger partial charge on any atom is -0.393 e. The van der Waals surface area contributed by atoms with Crippen molar-refractivity contribution in [1.82, 2.24) is 5.32 Å². The third-order valence-electron chi connectivity index (χ3n) is 4.83. The summed E-state index contributed by atoms with van der Waals surface area (Å²) < 4.78 is 13.3. The zero-order valence-corrected chi connectivity index (χ0v) is 11.9. The summed E-state index contributed by atoms with van der Waals surface area (Å²) in [5.41, 5.74) is 2.44. The summed E-state index contributed by atoms with van der Waals surface area (Å²) in [5.74, 6) is 0.462. The molecule has 2 N–H and O–H groups in total. The summed E-state index contributed by atoms with van der Waals surface area (Å²) in [6.45, 7) is 0.971. The van der Waals surface area contributed by atoms with E-state index in [-0.39, 0.29) is 11.9 Å². The average molecular weight is 277 g/mol. The van der Waals surface area contributed by atoms with Gasteiger partial charge < -0.3 is 10.4 Å². The summed E-state index contributed by atoms with van der Waals surface area (Å²) in [4.78, 5) is 0. The first kappa shape index (κ1) is 14.0. The van der Waals surface area contributed by atoms with Crippen LogP contribution < -0.4 is 5.32 Å². The van der Waals surface area contributed by atoms with E-state index in [9.17, 15) is 9.50 Å². The van der Waals surface area contributed by atoms with Crippen molar-refractivity contribution < 1.29 is 9.50 Å². The number of aliphatic hydroxyl groups is 1. The lowest BCUT2D eigenvalue weighted by atomic mass is 9.85. The Morgan fingerprint density at radius 2 is 2.10 bits per heavy atom. The van der Waals surface area contributed by atoms with Gasteiger partial charge in [-0.05, 0) is 74.2 Å². The Hall–Kier alpha value is -0.930. The zero-order valence-electron chi connectivity index (χ0n) is 11.9. The fourth-order valence-corrected chi connectivity index (χ4v) is 3.75. The van der Waals surface area contributed by atoms with E-state index >= 15 is 0 Å². The van der Waals surface area contributed by atoms with Crippen LogP contribution in [0.1, 0.15) is 55.7 Å². The third kappa shape index (κ3) is 3.21. The number of halogens is 1. The molecule has 1 saturated carbocycles. The third-order valence-corrected chi connectivity index (χ3v) is 4.83. The maximum atomic E-state index is 13.3. The van der Waals surface area contributed by atoms with Gasteiger partial charge in [0.1, 0.15) is 5.82 Å². The van der Waals surface area contributed by atoms with Crippen LogP contribution in [0.3, 0.4) is 0 Å². The molecule has 20 heavy (non-hydrogen) atoms. The van der Waals surface area contributed by atoms with E-state index in [0.717, 1.165) is 50.6 Å². The van der Waals surface area contributed by atoms with Gasteiger partial charge in [0.25, 0.3) is 0 Å². The van der Waals surface area contributed by atoms with Crippen molar-refractivity contribution in [2.45, 2.75) is 57.1 Å². The summed E-state index contributed by atoms with van der Waals surface area (Å²) in [6.07, 6.45) is 7.39. The molecule has 3 rings (SSSR count).